The van der Waals surface area contributed by atoms with Gasteiger partial charge in [0.05, 0.1) is 24.6 Å². The van der Waals surface area contributed by atoms with Gasteiger partial charge in [0.25, 0.3) is 5.91 Å². The Morgan fingerprint density at radius 3 is 2.41 bits per heavy atom. The van der Waals surface area contributed by atoms with Gasteiger partial charge in [-0.15, -0.1) is 10.2 Å². The van der Waals surface area contributed by atoms with E-state index in [1.807, 2.05) is 104 Å². The summed E-state index contributed by atoms with van der Waals surface area (Å²) in [6, 6.07) is 25.6. The molecule has 0 bridgehead atoms. The van der Waals surface area contributed by atoms with Crippen LogP contribution in [0.3, 0.4) is 0 Å². The van der Waals surface area contributed by atoms with Crippen LogP contribution in [0.1, 0.15) is 30.8 Å². The molecule has 0 fully saturated rings. The summed E-state index contributed by atoms with van der Waals surface area (Å²) in [4.78, 5) is 12.8. The molecule has 0 aliphatic rings. The van der Waals surface area contributed by atoms with Crippen molar-refractivity contribution in [1.82, 2.24) is 20.2 Å². The van der Waals surface area contributed by atoms with Gasteiger partial charge in [0.2, 0.25) is 0 Å². The maximum Gasteiger partial charge on any atom is 0.253 e. The van der Waals surface area contributed by atoms with E-state index in [0.717, 1.165) is 34.2 Å². The van der Waals surface area contributed by atoms with Crippen molar-refractivity contribution in [1.29, 1.82) is 0 Å². The van der Waals surface area contributed by atoms with Crippen molar-refractivity contribution in [3.8, 4) is 11.4 Å². The highest BCUT2D eigenvalue weighted by atomic mass is 32.2. The summed E-state index contributed by atoms with van der Waals surface area (Å²) >= 11 is 1.33. The molecule has 2 N–H and O–H groups in total. The molecule has 1 amide bonds. The van der Waals surface area contributed by atoms with Gasteiger partial charge in [-0.1, -0.05) is 59.8 Å². The summed E-state index contributed by atoms with van der Waals surface area (Å²) in [5, 5.41) is 16.7. The summed E-state index contributed by atoms with van der Waals surface area (Å²) < 4.78 is 7.19. The fraction of sp³-hybridized carbons (Fsp3) is 0.214. The Morgan fingerprint density at radius 1 is 1.03 bits per heavy atom. The topological polar surface area (TPSA) is 93.4 Å². The van der Waals surface area contributed by atoms with Gasteiger partial charge in [0.1, 0.15) is 5.75 Å². The van der Waals surface area contributed by atoms with Crippen molar-refractivity contribution in [3.63, 3.8) is 0 Å². The zero-order chi connectivity index (χ0) is 26.2. The van der Waals surface area contributed by atoms with Gasteiger partial charge in [-0.2, -0.15) is 5.10 Å². The van der Waals surface area contributed by atoms with Crippen molar-refractivity contribution >= 4 is 29.1 Å². The van der Waals surface area contributed by atoms with Crippen molar-refractivity contribution in [2.45, 2.75) is 37.7 Å². The first-order valence-electron chi connectivity index (χ1n) is 11.9. The van der Waals surface area contributed by atoms with Gasteiger partial charge < -0.3 is 10.1 Å². The smallest absolute Gasteiger partial charge is 0.253 e. The molecule has 190 valence electrons. The van der Waals surface area contributed by atoms with E-state index >= 15 is 0 Å². The van der Waals surface area contributed by atoms with E-state index in [-0.39, 0.29) is 5.91 Å². The Morgan fingerprint density at radius 2 is 1.73 bits per heavy atom. The predicted octanol–water partition coefficient (Wildman–Crippen LogP) is 5.22. The molecule has 9 heteroatoms. The zero-order valence-electron chi connectivity index (χ0n) is 21.3. The van der Waals surface area contributed by atoms with Gasteiger partial charge in [0, 0.05) is 11.4 Å². The van der Waals surface area contributed by atoms with Crippen molar-refractivity contribution in [3.05, 3.63) is 95.8 Å². The standard InChI is InChI=1S/C28H30N6O2S/c1-19-10-12-22(13-11-19)20(2)30-32-27(35)21(3)37-28-33-31-26(34(28)24-8-6-5-7-9-24)18-29-23-14-16-25(36-4)17-15-23/h5-17,21,29H,18H2,1-4H3,(H,32,35)/b30-20+/t21-/m1/s1. The lowest BCUT2D eigenvalue weighted by molar-refractivity contribution is -0.120. The lowest BCUT2D eigenvalue weighted by atomic mass is 10.1. The molecular formula is C28H30N6O2S. The maximum absolute atomic E-state index is 12.8. The first-order chi connectivity index (χ1) is 17.9. The molecule has 1 heterocycles. The number of hydrogen-bond donors (Lipinski definition) is 2. The summed E-state index contributed by atoms with van der Waals surface area (Å²) in [6.07, 6.45) is 0. The number of para-hydroxylation sites is 1. The molecular weight excluding hydrogens is 484 g/mol. The van der Waals surface area contributed by atoms with Crippen molar-refractivity contribution in [2.75, 3.05) is 12.4 Å². The molecule has 37 heavy (non-hydrogen) atoms. The maximum atomic E-state index is 12.8. The second-order valence-electron chi connectivity index (χ2n) is 8.45. The van der Waals surface area contributed by atoms with E-state index in [1.165, 1.54) is 17.3 Å². The van der Waals surface area contributed by atoms with Gasteiger partial charge in [-0.05, 0) is 62.7 Å². The molecule has 0 aliphatic heterocycles. The third-order valence-corrected chi connectivity index (χ3v) is 6.75. The second-order valence-corrected chi connectivity index (χ2v) is 9.76. The molecule has 8 nitrogen and oxygen atoms in total. The number of benzene rings is 3. The number of thioether (sulfide) groups is 1. The third kappa shape index (κ3) is 6.77. The van der Waals surface area contributed by atoms with Gasteiger partial charge in [-0.25, -0.2) is 5.43 Å². The Kier molecular flexibility index (Phi) is 8.58. The molecule has 0 saturated heterocycles. The number of nitrogens with one attached hydrogen (secondary N) is 2. The van der Waals surface area contributed by atoms with Gasteiger partial charge in [-0.3, -0.25) is 9.36 Å². The molecule has 1 aromatic heterocycles. The Bertz CT molecular complexity index is 1350. The lowest BCUT2D eigenvalue weighted by Gasteiger charge is -2.14. The number of ether oxygens (including phenoxy) is 1. The zero-order valence-corrected chi connectivity index (χ0v) is 22.1. The number of hydrogen-bond acceptors (Lipinski definition) is 7. The predicted molar refractivity (Wildman–Crippen MR) is 149 cm³/mol. The van der Waals surface area contributed by atoms with Crippen LogP contribution in [0.2, 0.25) is 0 Å². The van der Waals surface area contributed by atoms with E-state index in [9.17, 15) is 4.79 Å². The highest BCUT2D eigenvalue weighted by molar-refractivity contribution is 8.00. The lowest BCUT2D eigenvalue weighted by Crippen LogP contribution is -2.28. The van der Waals surface area contributed by atoms with Crippen LogP contribution in [0, 0.1) is 6.92 Å². The number of methoxy groups -OCH3 is 1. The molecule has 0 unspecified atom stereocenters. The first kappa shape index (κ1) is 26.0. The van der Waals surface area contributed by atoms with Crippen LogP contribution in [0.4, 0.5) is 5.69 Å². The SMILES string of the molecule is COc1ccc(NCc2nnc(S[C@H](C)C(=O)N/N=C(\C)c3ccc(C)cc3)n2-c2ccccc2)cc1. The number of rotatable bonds is 10. The van der Waals surface area contributed by atoms with Crippen LogP contribution in [-0.4, -0.2) is 38.7 Å². The van der Waals surface area contributed by atoms with E-state index in [4.69, 9.17) is 4.74 Å². The van der Waals surface area contributed by atoms with E-state index in [2.05, 4.69) is 26.0 Å². The molecule has 4 rings (SSSR count). The average molecular weight is 515 g/mol. The van der Waals surface area contributed by atoms with E-state index < -0.39 is 5.25 Å². The highest BCUT2D eigenvalue weighted by Crippen LogP contribution is 2.26. The number of aromatic nitrogens is 3. The minimum Gasteiger partial charge on any atom is -0.497 e. The first-order valence-corrected chi connectivity index (χ1v) is 12.8. The van der Waals surface area contributed by atoms with Gasteiger partial charge in [0.15, 0.2) is 11.0 Å². The number of nitrogens with zero attached hydrogens (tertiary/aromatic N) is 4. The normalized spacial score (nSPS) is 12.2. The quantitative estimate of drug-likeness (QED) is 0.171. The fourth-order valence-electron chi connectivity index (χ4n) is 3.52. The summed E-state index contributed by atoms with van der Waals surface area (Å²) in [5.74, 6) is 1.31. The number of carbonyl (C=O) groups excluding carboxylic acids is 1. The Hall–Kier alpha value is -4.11. The minimum atomic E-state index is -0.441. The largest absolute Gasteiger partial charge is 0.497 e. The van der Waals surface area contributed by atoms with Crippen LogP contribution < -0.4 is 15.5 Å². The molecule has 0 radical (unpaired) electrons. The van der Waals surface area contributed by atoms with Crippen LogP contribution in [-0.2, 0) is 11.3 Å². The molecule has 0 saturated carbocycles. The van der Waals surface area contributed by atoms with Crippen molar-refractivity contribution in [2.24, 2.45) is 5.10 Å². The monoisotopic (exact) mass is 514 g/mol. The molecule has 0 spiro atoms. The number of amides is 1. The summed E-state index contributed by atoms with van der Waals surface area (Å²) in [5.41, 5.74) is 7.42. The Balaban J connectivity index is 1.47. The van der Waals surface area contributed by atoms with Crippen LogP contribution in [0.5, 0.6) is 5.75 Å². The average Bonchev–Trinajstić information content (AvgIpc) is 3.33. The van der Waals surface area contributed by atoms with E-state index in [1.54, 1.807) is 7.11 Å². The molecule has 0 aliphatic carbocycles. The van der Waals surface area contributed by atoms with Gasteiger partial charge >= 0.3 is 0 Å². The number of carbonyl (C=O) groups is 1. The molecule has 3 aromatic carbocycles. The van der Waals surface area contributed by atoms with E-state index in [0.29, 0.717) is 11.7 Å². The fourth-order valence-corrected chi connectivity index (χ4v) is 4.40. The molecule has 1 atom stereocenters. The van der Waals surface area contributed by atoms with Crippen molar-refractivity contribution < 1.29 is 9.53 Å². The summed E-state index contributed by atoms with van der Waals surface area (Å²) in [6.45, 7) is 6.19. The van der Waals surface area contributed by atoms with Crippen LogP contribution in [0.15, 0.2) is 89.1 Å². The number of anilines is 1. The van der Waals surface area contributed by atoms with Crippen LogP contribution in [0.25, 0.3) is 5.69 Å². The summed E-state index contributed by atoms with van der Waals surface area (Å²) in [7, 11) is 1.64. The Labute approximate surface area is 221 Å². The second kappa shape index (κ2) is 12.2. The van der Waals surface area contributed by atoms with Crippen LogP contribution >= 0.6 is 11.8 Å². The number of hydrazone groups is 1. The molecule has 4 aromatic rings. The third-order valence-electron chi connectivity index (χ3n) is 5.71. The number of aryl methyl sites for hydroxylation is 1. The minimum absolute atomic E-state index is 0.211. The highest BCUT2D eigenvalue weighted by Gasteiger charge is 2.21.